The fraction of sp³-hybridized carbons (Fsp3) is 0.222. The van der Waals surface area contributed by atoms with Crippen LogP contribution in [0.4, 0.5) is 0 Å². The molecule has 0 bridgehead atoms. The summed E-state index contributed by atoms with van der Waals surface area (Å²) in [7, 11) is 0. The number of rotatable bonds is 6. The highest BCUT2D eigenvalue weighted by molar-refractivity contribution is 6.21. The van der Waals surface area contributed by atoms with Crippen molar-refractivity contribution < 1.29 is 14.3 Å². The summed E-state index contributed by atoms with van der Waals surface area (Å²) in [5.41, 5.74) is 7.92. The van der Waals surface area contributed by atoms with E-state index in [1.54, 1.807) is 24.3 Å². The van der Waals surface area contributed by atoms with E-state index < -0.39 is 6.17 Å². The van der Waals surface area contributed by atoms with Gasteiger partial charge in [-0.3, -0.25) is 14.5 Å². The van der Waals surface area contributed by atoms with E-state index in [4.69, 9.17) is 10.5 Å². The second kappa shape index (κ2) is 6.73. The summed E-state index contributed by atoms with van der Waals surface area (Å²) >= 11 is 0. The van der Waals surface area contributed by atoms with Crippen molar-refractivity contribution in [3.05, 3.63) is 71.3 Å². The highest BCUT2D eigenvalue weighted by Crippen LogP contribution is 2.24. The summed E-state index contributed by atoms with van der Waals surface area (Å²) in [5.74, 6) is -0.665. The van der Waals surface area contributed by atoms with E-state index in [0.29, 0.717) is 30.8 Å². The summed E-state index contributed by atoms with van der Waals surface area (Å²) in [5, 5.41) is 0. The van der Waals surface area contributed by atoms with Gasteiger partial charge in [-0.1, -0.05) is 42.5 Å². The highest BCUT2D eigenvalue weighted by atomic mass is 16.5. The van der Waals surface area contributed by atoms with E-state index >= 15 is 0 Å². The molecule has 0 saturated heterocycles. The lowest BCUT2D eigenvalue weighted by molar-refractivity contribution is 0.0520. The average molecular weight is 310 g/mol. The largest absolute Gasteiger partial charge is 0.377 e. The van der Waals surface area contributed by atoms with Crippen LogP contribution in [0, 0.1) is 0 Å². The fourth-order valence-electron chi connectivity index (χ4n) is 2.61. The van der Waals surface area contributed by atoms with Gasteiger partial charge in [0, 0.05) is 6.42 Å². The fourth-order valence-corrected chi connectivity index (χ4v) is 2.61. The molecule has 0 aromatic heterocycles. The van der Waals surface area contributed by atoms with Gasteiger partial charge in [0.15, 0.2) is 0 Å². The van der Waals surface area contributed by atoms with Gasteiger partial charge in [-0.05, 0) is 17.7 Å². The van der Waals surface area contributed by atoms with E-state index in [1.165, 1.54) is 0 Å². The first kappa shape index (κ1) is 15.4. The number of benzene rings is 2. The van der Waals surface area contributed by atoms with Crippen molar-refractivity contribution in [1.82, 2.24) is 4.90 Å². The zero-order valence-corrected chi connectivity index (χ0v) is 12.6. The van der Waals surface area contributed by atoms with Crippen molar-refractivity contribution in [2.75, 3.05) is 6.61 Å². The number of ether oxygens (including phenoxy) is 1. The Morgan fingerprint density at radius 2 is 1.48 bits per heavy atom. The van der Waals surface area contributed by atoms with Crippen LogP contribution in [0.15, 0.2) is 54.6 Å². The molecule has 2 N–H and O–H groups in total. The molecule has 2 aromatic rings. The molecule has 118 valence electrons. The maximum absolute atomic E-state index is 12.3. The van der Waals surface area contributed by atoms with Crippen molar-refractivity contribution in [2.24, 2.45) is 5.73 Å². The summed E-state index contributed by atoms with van der Waals surface area (Å²) in [6, 6.07) is 16.6. The third-order valence-electron chi connectivity index (χ3n) is 3.83. The van der Waals surface area contributed by atoms with Gasteiger partial charge in [-0.15, -0.1) is 0 Å². The number of carbonyl (C=O) groups excluding carboxylic acids is 2. The Morgan fingerprint density at radius 1 is 0.913 bits per heavy atom. The van der Waals surface area contributed by atoms with Gasteiger partial charge < -0.3 is 10.5 Å². The molecule has 0 saturated carbocycles. The maximum Gasteiger partial charge on any atom is 0.262 e. The minimum atomic E-state index is -0.682. The van der Waals surface area contributed by atoms with E-state index in [-0.39, 0.29) is 11.8 Å². The SMILES string of the molecule is NC(CCOCc1ccccc1)N1C(=O)c2ccccc2C1=O. The number of nitrogens with two attached hydrogens (primary N) is 1. The summed E-state index contributed by atoms with van der Waals surface area (Å²) in [6.07, 6.45) is -0.281. The van der Waals surface area contributed by atoms with Crippen molar-refractivity contribution in [2.45, 2.75) is 19.2 Å². The van der Waals surface area contributed by atoms with Gasteiger partial charge in [0.05, 0.1) is 30.5 Å². The Balaban J connectivity index is 1.54. The molecule has 1 unspecified atom stereocenters. The summed E-state index contributed by atoms with van der Waals surface area (Å²) in [4.78, 5) is 25.7. The first-order chi connectivity index (χ1) is 11.2. The monoisotopic (exact) mass is 310 g/mol. The van der Waals surface area contributed by atoms with Gasteiger partial charge >= 0.3 is 0 Å². The zero-order valence-electron chi connectivity index (χ0n) is 12.6. The molecule has 3 rings (SSSR count). The maximum atomic E-state index is 12.3. The Bertz CT molecular complexity index is 680. The highest BCUT2D eigenvalue weighted by Gasteiger charge is 2.38. The van der Waals surface area contributed by atoms with Gasteiger partial charge in [0.2, 0.25) is 0 Å². The Hall–Kier alpha value is -2.50. The van der Waals surface area contributed by atoms with E-state index in [1.807, 2.05) is 30.3 Å². The Morgan fingerprint density at radius 3 is 2.09 bits per heavy atom. The van der Waals surface area contributed by atoms with Crippen LogP contribution in [-0.4, -0.2) is 29.5 Å². The molecular formula is C18H18N2O3. The lowest BCUT2D eigenvalue weighted by Gasteiger charge is -2.22. The number of imide groups is 1. The second-order valence-corrected chi connectivity index (χ2v) is 5.42. The molecule has 5 heteroatoms. The molecule has 1 aliphatic rings. The van der Waals surface area contributed by atoms with Gasteiger partial charge in [-0.25, -0.2) is 0 Å². The minimum absolute atomic E-state index is 0.332. The smallest absolute Gasteiger partial charge is 0.262 e. The molecule has 0 fully saturated rings. The minimum Gasteiger partial charge on any atom is -0.377 e. The molecule has 0 spiro atoms. The topological polar surface area (TPSA) is 72.6 Å². The quantitative estimate of drug-likeness (QED) is 0.655. The summed E-state index contributed by atoms with van der Waals surface area (Å²) in [6.45, 7) is 0.860. The molecule has 1 aliphatic heterocycles. The zero-order chi connectivity index (χ0) is 16.2. The number of fused-ring (bicyclic) bond motifs is 1. The molecule has 5 nitrogen and oxygen atoms in total. The van der Waals surface area contributed by atoms with Crippen LogP contribution in [-0.2, 0) is 11.3 Å². The van der Waals surface area contributed by atoms with Crippen LogP contribution in [0.3, 0.4) is 0 Å². The van der Waals surface area contributed by atoms with E-state index in [9.17, 15) is 9.59 Å². The van der Waals surface area contributed by atoms with Crippen LogP contribution in [0.1, 0.15) is 32.7 Å². The van der Waals surface area contributed by atoms with Crippen LogP contribution >= 0.6 is 0 Å². The number of hydrogen-bond acceptors (Lipinski definition) is 4. The second-order valence-electron chi connectivity index (χ2n) is 5.42. The lowest BCUT2D eigenvalue weighted by atomic mass is 10.1. The Labute approximate surface area is 134 Å². The number of amides is 2. The molecule has 23 heavy (non-hydrogen) atoms. The first-order valence-electron chi connectivity index (χ1n) is 7.52. The van der Waals surface area contributed by atoms with Crippen LogP contribution in [0.5, 0.6) is 0 Å². The molecule has 2 aromatic carbocycles. The van der Waals surface area contributed by atoms with Crippen molar-refractivity contribution in [3.63, 3.8) is 0 Å². The number of carbonyl (C=O) groups is 2. The molecular weight excluding hydrogens is 292 g/mol. The summed E-state index contributed by atoms with van der Waals surface area (Å²) < 4.78 is 5.57. The van der Waals surface area contributed by atoms with Gasteiger partial charge in [0.1, 0.15) is 0 Å². The number of hydrogen-bond donors (Lipinski definition) is 1. The lowest BCUT2D eigenvalue weighted by Crippen LogP contribution is -2.46. The third kappa shape index (κ3) is 3.16. The van der Waals surface area contributed by atoms with E-state index in [2.05, 4.69) is 0 Å². The third-order valence-corrected chi connectivity index (χ3v) is 3.83. The predicted molar refractivity (Wildman–Crippen MR) is 85.6 cm³/mol. The van der Waals surface area contributed by atoms with Crippen LogP contribution in [0.2, 0.25) is 0 Å². The van der Waals surface area contributed by atoms with Crippen molar-refractivity contribution in [1.29, 1.82) is 0 Å². The predicted octanol–water partition coefficient (Wildman–Crippen LogP) is 2.17. The normalized spacial score (nSPS) is 14.9. The van der Waals surface area contributed by atoms with Crippen molar-refractivity contribution >= 4 is 11.8 Å². The molecule has 1 heterocycles. The number of nitrogens with zero attached hydrogens (tertiary/aromatic N) is 1. The van der Waals surface area contributed by atoms with Crippen molar-refractivity contribution in [3.8, 4) is 0 Å². The van der Waals surface area contributed by atoms with E-state index in [0.717, 1.165) is 10.5 Å². The standard InChI is InChI=1S/C18H18N2O3/c19-16(10-11-23-12-13-6-2-1-3-7-13)20-17(21)14-8-4-5-9-15(14)18(20)22/h1-9,16H,10-12,19H2. The van der Waals surface area contributed by atoms with Gasteiger partial charge in [-0.2, -0.15) is 0 Å². The molecule has 1 atom stereocenters. The first-order valence-corrected chi connectivity index (χ1v) is 7.52. The average Bonchev–Trinajstić information content (AvgIpc) is 2.84. The van der Waals surface area contributed by atoms with Crippen LogP contribution < -0.4 is 5.73 Å². The molecule has 2 amide bonds. The molecule has 0 radical (unpaired) electrons. The Kier molecular flexibility index (Phi) is 4.50. The van der Waals surface area contributed by atoms with Gasteiger partial charge in [0.25, 0.3) is 11.8 Å². The molecule has 0 aliphatic carbocycles. The van der Waals surface area contributed by atoms with Crippen LogP contribution in [0.25, 0.3) is 0 Å².